The highest BCUT2D eigenvalue weighted by Gasteiger charge is 2.30. The van der Waals surface area contributed by atoms with Gasteiger partial charge in [-0.25, -0.2) is 0 Å². The van der Waals surface area contributed by atoms with E-state index in [0.29, 0.717) is 13.1 Å². The number of likely N-dealkylation sites (tertiary alicyclic amines) is 1. The van der Waals surface area contributed by atoms with Gasteiger partial charge >= 0.3 is 6.18 Å². The molecule has 1 aromatic carbocycles. The van der Waals surface area contributed by atoms with Crippen LogP contribution in [0.15, 0.2) is 24.3 Å². The Morgan fingerprint density at radius 1 is 1.41 bits per heavy atom. The van der Waals surface area contributed by atoms with Crippen LogP contribution in [-0.2, 0) is 17.5 Å². The van der Waals surface area contributed by atoms with Crippen LogP contribution in [0.25, 0.3) is 0 Å². The van der Waals surface area contributed by atoms with Gasteiger partial charge in [-0.15, -0.1) is 0 Å². The first-order valence-electron chi connectivity index (χ1n) is 7.20. The van der Waals surface area contributed by atoms with Gasteiger partial charge in [-0.1, -0.05) is 12.1 Å². The first kappa shape index (κ1) is 16.8. The van der Waals surface area contributed by atoms with Crippen LogP contribution < -0.4 is 11.1 Å². The van der Waals surface area contributed by atoms with Crippen molar-refractivity contribution in [1.29, 1.82) is 0 Å². The molecule has 7 heteroatoms. The van der Waals surface area contributed by atoms with Gasteiger partial charge in [0.1, 0.15) is 0 Å². The smallest absolute Gasteiger partial charge is 0.351 e. The Labute approximate surface area is 127 Å². The molecule has 1 aliphatic heterocycles. The van der Waals surface area contributed by atoms with Gasteiger partial charge in [0, 0.05) is 25.7 Å². The topological polar surface area (TPSA) is 58.4 Å². The zero-order chi connectivity index (χ0) is 16.3. The molecule has 1 saturated heterocycles. The van der Waals surface area contributed by atoms with Gasteiger partial charge in [-0.2, -0.15) is 13.2 Å². The average molecular weight is 315 g/mol. The van der Waals surface area contributed by atoms with Crippen molar-refractivity contribution in [3.8, 4) is 0 Å². The molecule has 0 spiro atoms. The third-order valence-corrected chi connectivity index (χ3v) is 3.72. The number of nitrogens with two attached hydrogens (primary N) is 1. The van der Waals surface area contributed by atoms with E-state index in [2.05, 4.69) is 10.2 Å². The minimum absolute atomic E-state index is 0.0490. The summed E-state index contributed by atoms with van der Waals surface area (Å²) in [5.74, 6) is -0.179. The van der Waals surface area contributed by atoms with Crippen LogP contribution >= 0.6 is 0 Å². The first-order chi connectivity index (χ1) is 10.3. The number of nitrogens with one attached hydrogen (secondary N) is 1. The highest BCUT2D eigenvalue weighted by Crippen LogP contribution is 2.29. The largest absolute Gasteiger partial charge is 0.416 e. The van der Waals surface area contributed by atoms with Crippen molar-refractivity contribution in [3.05, 3.63) is 35.4 Å². The van der Waals surface area contributed by atoms with Crippen LogP contribution in [0.2, 0.25) is 0 Å². The fourth-order valence-corrected chi connectivity index (χ4v) is 2.48. The monoisotopic (exact) mass is 315 g/mol. The molecular weight excluding hydrogens is 295 g/mol. The number of carbonyl (C=O) groups excluding carboxylic acids is 1. The molecule has 2 atom stereocenters. The molecule has 0 aromatic heterocycles. The molecule has 22 heavy (non-hydrogen) atoms. The summed E-state index contributed by atoms with van der Waals surface area (Å²) in [5.41, 5.74) is 5.69. The van der Waals surface area contributed by atoms with Gasteiger partial charge in [0.2, 0.25) is 5.91 Å². The number of nitrogens with zero attached hydrogens (tertiary/aromatic N) is 1. The Morgan fingerprint density at radius 3 is 2.59 bits per heavy atom. The maximum Gasteiger partial charge on any atom is 0.416 e. The van der Waals surface area contributed by atoms with Crippen molar-refractivity contribution in [3.63, 3.8) is 0 Å². The molecule has 2 unspecified atom stereocenters. The van der Waals surface area contributed by atoms with E-state index in [0.717, 1.165) is 30.7 Å². The van der Waals surface area contributed by atoms with Crippen molar-refractivity contribution >= 4 is 5.91 Å². The number of halogens is 3. The van der Waals surface area contributed by atoms with E-state index in [1.807, 2.05) is 0 Å². The van der Waals surface area contributed by atoms with E-state index >= 15 is 0 Å². The third kappa shape index (κ3) is 4.45. The van der Waals surface area contributed by atoms with Gasteiger partial charge in [0.25, 0.3) is 0 Å². The molecule has 0 bridgehead atoms. The lowest BCUT2D eigenvalue weighted by Gasteiger charge is -2.18. The highest BCUT2D eigenvalue weighted by atomic mass is 19.4. The maximum absolute atomic E-state index is 12.5. The van der Waals surface area contributed by atoms with Crippen molar-refractivity contribution in [2.75, 3.05) is 13.1 Å². The van der Waals surface area contributed by atoms with E-state index in [4.69, 9.17) is 5.73 Å². The van der Waals surface area contributed by atoms with E-state index in [9.17, 15) is 18.0 Å². The summed E-state index contributed by atoms with van der Waals surface area (Å²) in [4.78, 5) is 13.6. The first-order valence-corrected chi connectivity index (χ1v) is 7.20. The number of hydrogen-bond acceptors (Lipinski definition) is 3. The highest BCUT2D eigenvalue weighted by molar-refractivity contribution is 5.81. The Morgan fingerprint density at radius 2 is 2.05 bits per heavy atom. The van der Waals surface area contributed by atoms with Crippen molar-refractivity contribution < 1.29 is 18.0 Å². The summed E-state index contributed by atoms with van der Waals surface area (Å²) in [6, 6.07) is 4.70. The van der Waals surface area contributed by atoms with Gasteiger partial charge in [0.05, 0.1) is 11.6 Å². The van der Waals surface area contributed by atoms with Crippen LogP contribution in [-0.4, -0.2) is 36.0 Å². The maximum atomic E-state index is 12.5. The van der Waals surface area contributed by atoms with Crippen LogP contribution in [0, 0.1) is 0 Å². The molecule has 1 aromatic rings. The summed E-state index contributed by atoms with van der Waals surface area (Å²) in [7, 11) is 0. The average Bonchev–Trinajstić information content (AvgIpc) is 2.85. The molecule has 1 aliphatic rings. The molecule has 1 amide bonds. The third-order valence-electron chi connectivity index (χ3n) is 3.72. The zero-order valence-corrected chi connectivity index (χ0v) is 12.4. The molecule has 4 nitrogen and oxygen atoms in total. The zero-order valence-electron chi connectivity index (χ0n) is 12.4. The normalized spacial score (nSPS) is 20.9. The Balaban J connectivity index is 1.86. The van der Waals surface area contributed by atoms with Crippen LogP contribution in [0.5, 0.6) is 0 Å². The lowest BCUT2D eigenvalue weighted by Crippen LogP contribution is -2.44. The molecule has 122 valence electrons. The Kier molecular flexibility index (Phi) is 5.08. The standard InChI is InChI=1S/C15H20F3N3O/c1-10(19)14(22)20-13-6-7-21(9-13)8-11-2-4-12(5-3-11)15(16,17)18/h2-5,10,13H,6-9,19H2,1H3,(H,20,22). The van der Waals surface area contributed by atoms with E-state index in [1.165, 1.54) is 12.1 Å². The molecule has 0 saturated carbocycles. The SMILES string of the molecule is CC(N)C(=O)NC1CCN(Cc2ccc(C(F)(F)F)cc2)C1. The minimum atomic E-state index is -4.31. The summed E-state index contributed by atoms with van der Waals surface area (Å²) < 4.78 is 37.5. The van der Waals surface area contributed by atoms with Crippen LogP contribution in [0.3, 0.4) is 0 Å². The molecule has 0 radical (unpaired) electrons. The lowest BCUT2D eigenvalue weighted by atomic mass is 10.1. The predicted octanol–water partition coefficient (Wildman–Crippen LogP) is 1.74. The number of amides is 1. The summed E-state index contributed by atoms with van der Waals surface area (Å²) in [5, 5.41) is 2.87. The molecule has 3 N–H and O–H groups in total. The number of alkyl halides is 3. The Bertz CT molecular complexity index is 514. The number of benzene rings is 1. The minimum Gasteiger partial charge on any atom is -0.351 e. The second kappa shape index (κ2) is 6.66. The second-order valence-corrected chi connectivity index (χ2v) is 5.71. The molecule has 0 aliphatic carbocycles. The lowest BCUT2D eigenvalue weighted by molar-refractivity contribution is -0.137. The summed E-state index contributed by atoms with van der Waals surface area (Å²) >= 11 is 0. The van der Waals surface area contributed by atoms with Crippen LogP contribution in [0.4, 0.5) is 13.2 Å². The van der Waals surface area contributed by atoms with Gasteiger partial charge in [-0.3, -0.25) is 9.69 Å². The fraction of sp³-hybridized carbons (Fsp3) is 0.533. The van der Waals surface area contributed by atoms with Crippen molar-refractivity contribution in [1.82, 2.24) is 10.2 Å². The molecule has 2 rings (SSSR count). The van der Waals surface area contributed by atoms with Gasteiger partial charge in [-0.05, 0) is 31.0 Å². The van der Waals surface area contributed by atoms with Crippen molar-refractivity contribution in [2.45, 2.75) is 38.1 Å². The van der Waals surface area contributed by atoms with E-state index in [1.54, 1.807) is 6.92 Å². The Hall–Kier alpha value is -1.60. The summed E-state index contributed by atoms with van der Waals surface area (Å²) in [6.07, 6.45) is -3.49. The molecular formula is C15H20F3N3O. The van der Waals surface area contributed by atoms with Gasteiger partial charge in [0.15, 0.2) is 0 Å². The van der Waals surface area contributed by atoms with Gasteiger partial charge < -0.3 is 11.1 Å². The second-order valence-electron chi connectivity index (χ2n) is 5.71. The number of hydrogen-bond donors (Lipinski definition) is 2. The number of carbonyl (C=O) groups is 1. The van der Waals surface area contributed by atoms with E-state index < -0.39 is 17.8 Å². The summed E-state index contributed by atoms with van der Waals surface area (Å²) in [6.45, 7) is 3.68. The van der Waals surface area contributed by atoms with Crippen molar-refractivity contribution in [2.24, 2.45) is 5.73 Å². The predicted molar refractivity (Wildman–Crippen MR) is 76.9 cm³/mol. The molecule has 1 fully saturated rings. The quantitative estimate of drug-likeness (QED) is 0.890. The number of rotatable bonds is 4. The van der Waals surface area contributed by atoms with Crippen LogP contribution in [0.1, 0.15) is 24.5 Å². The fourth-order valence-electron chi connectivity index (χ4n) is 2.48. The van der Waals surface area contributed by atoms with E-state index in [-0.39, 0.29) is 11.9 Å². The molecule has 1 heterocycles.